The van der Waals surface area contributed by atoms with Gasteiger partial charge in [0.05, 0.1) is 11.9 Å². The summed E-state index contributed by atoms with van der Waals surface area (Å²) in [5.41, 5.74) is 0. The van der Waals surface area contributed by atoms with Crippen LogP contribution in [0.4, 0.5) is 0 Å². The van der Waals surface area contributed by atoms with Crippen molar-refractivity contribution < 1.29 is 13.5 Å². The van der Waals surface area contributed by atoms with Crippen molar-refractivity contribution >= 4 is 21.6 Å². The molecule has 0 saturated heterocycles. The Morgan fingerprint density at radius 2 is 2.00 bits per heavy atom. The van der Waals surface area contributed by atoms with Crippen molar-refractivity contribution in [2.45, 2.75) is 38.2 Å². The van der Waals surface area contributed by atoms with Crippen molar-refractivity contribution in [3.63, 3.8) is 0 Å². The second-order valence-corrected chi connectivity index (χ2v) is 8.15. The van der Waals surface area contributed by atoms with Crippen molar-refractivity contribution in [1.82, 2.24) is 0 Å². The maximum absolute atomic E-state index is 10.9. The largest absolute Gasteiger partial charge is 0.392 e. The summed E-state index contributed by atoms with van der Waals surface area (Å²) in [6.07, 6.45) is 7.01. The van der Waals surface area contributed by atoms with Crippen LogP contribution in [-0.4, -0.2) is 43.1 Å². The van der Waals surface area contributed by atoms with Gasteiger partial charge in [0.1, 0.15) is 9.84 Å². The van der Waals surface area contributed by atoms with Gasteiger partial charge in [0.25, 0.3) is 0 Å². The number of aliphatic hydroxyl groups is 1. The van der Waals surface area contributed by atoms with Crippen molar-refractivity contribution in [3.05, 3.63) is 0 Å². The number of hydrogen-bond acceptors (Lipinski definition) is 4. The standard InChI is InChI=1S/C11H22O3S2/c1-16(13,14)7-6-15-9-11(12)8-10-4-2-3-5-10/h10-12H,2-9H2,1H3. The van der Waals surface area contributed by atoms with Gasteiger partial charge in [0, 0.05) is 17.8 Å². The average Bonchev–Trinajstić information content (AvgIpc) is 2.63. The summed E-state index contributed by atoms with van der Waals surface area (Å²) >= 11 is 1.54. The first-order chi connectivity index (χ1) is 7.47. The third kappa shape index (κ3) is 6.76. The van der Waals surface area contributed by atoms with Gasteiger partial charge < -0.3 is 5.11 Å². The van der Waals surface area contributed by atoms with Crippen molar-refractivity contribution in [3.8, 4) is 0 Å². The Morgan fingerprint density at radius 1 is 1.38 bits per heavy atom. The minimum Gasteiger partial charge on any atom is -0.392 e. The molecule has 0 aliphatic heterocycles. The fourth-order valence-electron chi connectivity index (χ4n) is 2.13. The van der Waals surface area contributed by atoms with Crippen LogP contribution in [0.2, 0.25) is 0 Å². The van der Waals surface area contributed by atoms with Crippen LogP contribution in [-0.2, 0) is 9.84 Å². The van der Waals surface area contributed by atoms with Crippen molar-refractivity contribution in [1.29, 1.82) is 0 Å². The van der Waals surface area contributed by atoms with Gasteiger partial charge in [-0.25, -0.2) is 8.42 Å². The molecule has 1 N–H and O–H groups in total. The SMILES string of the molecule is CS(=O)(=O)CCSCC(O)CC1CCCC1. The van der Waals surface area contributed by atoms with E-state index < -0.39 is 9.84 Å². The topological polar surface area (TPSA) is 54.4 Å². The first-order valence-corrected chi connectivity index (χ1v) is 9.12. The van der Waals surface area contributed by atoms with Gasteiger partial charge in [0.15, 0.2) is 0 Å². The maximum atomic E-state index is 10.9. The number of thioether (sulfide) groups is 1. The van der Waals surface area contributed by atoms with Gasteiger partial charge in [0.2, 0.25) is 0 Å². The lowest BCUT2D eigenvalue weighted by molar-refractivity contribution is 0.166. The number of hydrogen-bond donors (Lipinski definition) is 1. The minimum absolute atomic E-state index is 0.216. The molecule has 0 amide bonds. The van der Waals surface area contributed by atoms with Gasteiger partial charge in [-0.2, -0.15) is 11.8 Å². The maximum Gasteiger partial charge on any atom is 0.148 e. The Morgan fingerprint density at radius 3 is 2.56 bits per heavy atom. The molecule has 0 bridgehead atoms. The Kier molecular flexibility index (Phi) is 6.15. The highest BCUT2D eigenvalue weighted by atomic mass is 32.2. The molecule has 0 heterocycles. The molecule has 16 heavy (non-hydrogen) atoms. The van der Waals surface area contributed by atoms with Crippen LogP contribution < -0.4 is 0 Å². The van der Waals surface area contributed by atoms with E-state index in [-0.39, 0.29) is 11.9 Å². The normalized spacial score (nSPS) is 20.1. The van der Waals surface area contributed by atoms with Gasteiger partial charge in [-0.3, -0.25) is 0 Å². The highest BCUT2D eigenvalue weighted by Crippen LogP contribution is 2.29. The molecule has 5 heteroatoms. The van der Waals surface area contributed by atoms with Gasteiger partial charge in [-0.15, -0.1) is 0 Å². The summed E-state index contributed by atoms with van der Waals surface area (Å²) in [5.74, 6) is 2.19. The van der Waals surface area contributed by atoms with Crippen LogP contribution in [0.15, 0.2) is 0 Å². The predicted molar refractivity (Wildman–Crippen MR) is 69.6 cm³/mol. The van der Waals surface area contributed by atoms with Crippen LogP contribution in [0.25, 0.3) is 0 Å². The molecule has 1 atom stereocenters. The second-order valence-electron chi connectivity index (χ2n) is 4.74. The molecule has 0 spiro atoms. The fraction of sp³-hybridized carbons (Fsp3) is 1.00. The van der Waals surface area contributed by atoms with E-state index in [0.717, 1.165) is 6.42 Å². The summed E-state index contributed by atoms with van der Waals surface area (Å²) in [7, 11) is -2.85. The van der Waals surface area contributed by atoms with E-state index >= 15 is 0 Å². The molecular formula is C11H22O3S2. The quantitative estimate of drug-likeness (QED) is 0.713. The van der Waals surface area contributed by atoms with E-state index in [9.17, 15) is 13.5 Å². The van der Waals surface area contributed by atoms with E-state index in [2.05, 4.69) is 0 Å². The number of aliphatic hydroxyl groups excluding tert-OH is 1. The minimum atomic E-state index is -2.85. The van der Waals surface area contributed by atoms with Crippen LogP contribution >= 0.6 is 11.8 Å². The lowest BCUT2D eigenvalue weighted by Gasteiger charge is -2.14. The molecule has 1 unspecified atom stereocenters. The monoisotopic (exact) mass is 266 g/mol. The molecule has 96 valence electrons. The average molecular weight is 266 g/mol. The smallest absolute Gasteiger partial charge is 0.148 e. The van der Waals surface area contributed by atoms with Crippen molar-refractivity contribution in [2.24, 2.45) is 5.92 Å². The van der Waals surface area contributed by atoms with Gasteiger partial charge >= 0.3 is 0 Å². The van der Waals surface area contributed by atoms with Crippen LogP contribution in [0.3, 0.4) is 0 Å². The molecule has 0 aromatic carbocycles. The molecule has 1 rings (SSSR count). The Hall–Kier alpha value is 0.260. The van der Waals surface area contributed by atoms with Crippen LogP contribution in [0.1, 0.15) is 32.1 Å². The van der Waals surface area contributed by atoms with E-state index in [1.807, 2.05) is 0 Å². The summed E-state index contributed by atoms with van der Waals surface area (Å²) < 4.78 is 21.8. The zero-order valence-electron chi connectivity index (χ0n) is 9.89. The first kappa shape index (κ1) is 14.3. The third-order valence-electron chi connectivity index (χ3n) is 2.99. The highest BCUT2D eigenvalue weighted by molar-refractivity contribution is 8.00. The second kappa shape index (κ2) is 6.87. The van der Waals surface area contributed by atoms with Crippen LogP contribution in [0.5, 0.6) is 0 Å². The third-order valence-corrected chi connectivity index (χ3v) is 5.31. The van der Waals surface area contributed by atoms with E-state index in [1.165, 1.54) is 31.9 Å². The molecule has 0 aromatic heterocycles. The zero-order valence-corrected chi connectivity index (χ0v) is 11.5. The van der Waals surface area contributed by atoms with Crippen LogP contribution in [0, 0.1) is 5.92 Å². The first-order valence-electron chi connectivity index (χ1n) is 5.91. The molecular weight excluding hydrogens is 244 g/mol. The highest BCUT2D eigenvalue weighted by Gasteiger charge is 2.18. The molecule has 1 aliphatic carbocycles. The molecule has 1 aliphatic rings. The Labute approximate surface area is 103 Å². The molecule has 0 radical (unpaired) electrons. The van der Waals surface area contributed by atoms with Gasteiger partial charge in [-0.1, -0.05) is 25.7 Å². The van der Waals surface area contributed by atoms with E-state index in [4.69, 9.17) is 0 Å². The predicted octanol–water partition coefficient (Wildman–Crippen LogP) is 1.71. The molecule has 1 fully saturated rings. The molecule has 1 saturated carbocycles. The summed E-state index contributed by atoms with van der Waals surface area (Å²) in [6.45, 7) is 0. The number of rotatable bonds is 7. The molecule has 0 aromatic rings. The lowest BCUT2D eigenvalue weighted by atomic mass is 10.0. The summed E-state index contributed by atoms with van der Waals surface area (Å²) in [5, 5.41) is 9.77. The molecule has 3 nitrogen and oxygen atoms in total. The Bertz CT molecular complexity index is 282. The zero-order chi connectivity index (χ0) is 12.0. The van der Waals surface area contributed by atoms with Crippen molar-refractivity contribution in [2.75, 3.05) is 23.5 Å². The summed E-state index contributed by atoms with van der Waals surface area (Å²) in [6, 6.07) is 0. The Balaban J connectivity index is 2.03. The van der Waals surface area contributed by atoms with E-state index in [1.54, 1.807) is 11.8 Å². The number of sulfone groups is 1. The van der Waals surface area contributed by atoms with E-state index in [0.29, 0.717) is 17.4 Å². The fourth-order valence-corrected chi connectivity index (χ4v) is 4.39. The lowest BCUT2D eigenvalue weighted by Crippen LogP contribution is -2.15. The van der Waals surface area contributed by atoms with Gasteiger partial charge in [-0.05, 0) is 12.3 Å². The summed E-state index contributed by atoms with van der Waals surface area (Å²) in [4.78, 5) is 0.